The van der Waals surface area contributed by atoms with Crippen LogP contribution in [0.2, 0.25) is 0 Å². The molecule has 1 amide bonds. The van der Waals surface area contributed by atoms with E-state index in [0.717, 1.165) is 12.0 Å². The summed E-state index contributed by atoms with van der Waals surface area (Å²) in [6, 6.07) is 3.70. The molecule has 0 aliphatic rings. The minimum absolute atomic E-state index is 0.0897. The van der Waals surface area contributed by atoms with Crippen molar-refractivity contribution in [2.24, 2.45) is 0 Å². The summed E-state index contributed by atoms with van der Waals surface area (Å²) in [6.07, 6.45) is 5.67. The van der Waals surface area contributed by atoms with Gasteiger partial charge >= 0.3 is 0 Å². The van der Waals surface area contributed by atoms with Gasteiger partial charge in [0.1, 0.15) is 0 Å². The van der Waals surface area contributed by atoms with Gasteiger partial charge in [-0.3, -0.25) is 9.78 Å². The van der Waals surface area contributed by atoms with E-state index in [4.69, 9.17) is 5.73 Å². The lowest BCUT2D eigenvalue weighted by atomic mass is 10.1. The number of aryl methyl sites for hydroxylation is 1. The zero-order valence-electron chi connectivity index (χ0n) is 11.5. The summed E-state index contributed by atoms with van der Waals surface area (Å²) in [5.74, 6) is -0.0449. The highest BCUT2D eigenvalue weighted by atomic mass is 16.1. The quantitative estimate of drug-likeness (QED) is 0.881. The van der Waals surface area contributed by atoms with Gasteiger partial charge in [0.2, 0.25) is 5.95 Å². The van der Waals surface area contributed by atoms with Crippen molar-refractivity contribution in [2.45, 2.75) is 26.3 Å². The van der Waals surface area contributed by atoms with Crippen molar-refractivity contribution >= 4 is 11.9 Å². The van der Waals surface area contributed by atoms with Gasteiger partial charge in [0.05, 0.1) is 17.3 Å². The second-order valence-electron chi connectivity index (χ2n) is 4.45. The number of anilines is 1. The van der Waals surface area contributed by atoms with Crippen molar-refractivity contribution in [2.75, 3.05) is 5.73 Å². The summed E-state index contributed by atoms with van der Waals surface area (Å²) in [5, 5.41) is 2.96. The molecule has 1 atom stereocenters. The SMILES string of the molecule is CC[C@H](NC(=O)c1cnc(N)nc1C)c1cccnc1. The van der Waals surface area contributed by atoms with Crippen molar-refractivity contribution < 1.29 is 4.79 Å². The van der Waals surface area contributed by atoms with Gasteiger partial charge in [0.15, 0.2) is 0 Å². The number of hydrogen-bond acceptors (Lipinski definition) is 5. The first-order valence-electron chi connectivity index (χ1n) is 6.41. The lowest BCUT2D eigenvalue weighted by Gasteiger charge is -2.17. The van der Waals surface area contributed by atoms with Crippen LogP contribution in [0.25, 0.3) is 0 Å². The van der Waals surface area contributed by atoms with Gasteiger partial charge in [-0.15, -0.1) is 0 Å². The molecule has 20 heavy (non-hydrogen) atoms. The van der Waals surface area contributed by atoms with E-state index in [1.165, 1.54) is 6.20 Å². The van der Waals surface area contributed by atoms with E-state index in [0.29, 0.717) is 11.3 Å². The van der Waals surface area contributed by atoms with E-state index in [-0.39, 0.29) is 17.9 Å². The maximum absolute atomic E-state index is 12.3. The fourth-order valence-electron chi connectivity index (χ4n) is 1.95. The van der Waals surface area contributed by atoms with E-state index >= 15 is 0 Å². The number of carbonyl (C=O) groups is 1. The van der Waals surface area contributed by atoms with E-state index < -0.39 is 0 Å². The van der Waals surface area contributed by atoms with Gasteiger partial charge in [-0.05, 0) is 25.0 Å². The number of nitrogen functional groups attached to an aromatic ring is 1. The summed E-state index contributed by atoms with van der Waals surface area (Å²) in [4.78, 5) is 24.2. The van der Waals surface area contributed by atoms with Crippen LogP contribution in [0.5, 0.6) is 0 Å². The molecule has 0 aliphatic carbocycles. The topological polar surface area (TPSA) is 93.8 Å². The monoisotopic (exact) mass is 271 g/mol. The molecule has 2 rings (SSSR count). The molecule has 0 fully saturated rings. The van der Waals surface area contributed by atoms with E-state index in [2.05, 4.69) is 20.3 Å². The minimum Gasteiger partial charge on any atom is -0.368 e. The Hall–Kier alpha value is -2.50. The number of aromatic nitrogens is 3. The Kier molecular flexibility index (Phi) is 4.24. The number of pyridine rings is 1. The molecule has 3 N–H and O–H groups in total. The first-order chi connectivity index (χ1) is 9.61. The highest BCUT2D eigenvalue weighted by Gasteiger charge is 2.16. The molecular formula is C14H17N5O. The Morgan fingerprint density at radius 2 is 2.25 bits per heavy atom. The van der Waals surface area contributed by atoms with E-state index in [9.17, 15) is 4.79 Å². The van der Waals surface area contributed by atoms with Crippen LogP contribution < -0.4 is 11.1 Å². The molecule has 2 aromatic heterocycles. The number of nitrogens with zero attached hydrogens (tertiary/aromatic N) is 3. The molecule has 0 spiro atoms. The molecule has 0 unspecified atom stereocenters. The summed E-state index contributed by atoms with van der Waals surface area (Å²) >= 11 is 0. The summed E-state index contributed by atoms with van der Waals surface area (Å²) < 4.78 is 0. The van der Waals surface area contributed by atoms with Crippen LogP contribution in [0.3, 0.4) is 0 Å². The van der Waals surface area contributed by atoms with Crippen LogP contribution in [0.15, 0.2) is 30.7 Å². The van der Waals surface area contributed by atoms with Crippen LogP contribution in [0.1, 0.15) is 41.0 Å². The second kappa shape index (κ2) is 6.10. The molecule has 0 aliphatic heterocycles. The van der Waals surface area contributed by atoms with Gasteiger partial charge in [0, 0.05) is 18.6 Å². The lowest BCUT2D eigenvalue weighted by Crippen LogP contribution is -2.29. The first kappa shape index (κ1) is 13.9. The van der Waals surface area contributed by atoms with Crippen LogP contribution >= 0.6 is 0 Å². The van der Waals surface area contributed by atoms with Crippen LogP contribution in [-0.4, -0.2) is 20.9 Å². The van der Waals surface area contributed by atoms with Crippen molar-refractivity contribution in [1.82, 2.24) is 20.3 Å². The smallest absolute Gasteiger partial charge is 0.255 e. The van der Waals surface area contributed by atoms with E-state index in [1.807, 2.05) is 19.1 Å². The number of nitrogens with one attached hydrogen (secondary N) is 1. The van der Waals surface area contributed by atoms with Gasteiger partial charge < -0.3 is 11.1 Å². The number of hydrogen-bond donors (Lipinski definition) is 2. The second-order valence-corrected chi connectivity index (χ2v) is 4.45. The average Bonchev–Trinajstić information content (AvgIpc) is 2.45. The Labute approximate surface area is 117 Å². The third-order valence-electron chi connectivity index (χ3n) is 3.04. The Balaban J connectivity index is 2.17. The predicted molar refractivity (Wildman–Crippen MR) is 75.9 cm³/mol. The van der Waals surface area contributed by atoms with Crippen LogP contribution in [0.4, 0.5) is 5.95 Å². The molecule has 0 saturated heterocycles. The number of carbonyl (C=O) groups excluding carboxylic acids is 1. The fourth-order valence-corrected chi connectivity index (χ4v) is 1.95. The summed E-state index contributed by atoms with van der Waals surface area (Å²) in [7, 11) is 0. The summed E-state index contributed by atoms with van der Waals surface area (Å²) in [5.41, 5.74) is 7.45. The molecule has 0 aromatic carbocycles. The summed E-state index contributed by atoms with van der Waals surface area (Å²) in [6.45, 7) is 3.74. The zero-order valence-corrected chi connectivity index (χ0v) is 11.5. The molecule has 6 nitrogen and oxygen atoms in total. The highest BCUT2D eigenvalue weighted by molar-refractivity contribution is 5.95. The standard InChI is InChI=1S/C14H17N5O/c1-3-12(10-5-4-6-16-7-10)19-13(20)11-8-17-14(15)18-9(11)2/h4-8,12H,3H2,1-2H3,(H,19,20)(H2,15,17,18)/t12-/m0/s1. The highest BCUT2D eigenvalue weighted by Crippen LogP contribution is 2.16. The molecule has 104 valence electrons. The van der Waals surface area contributed by atoms with Crippen molar-refractivity contribution in [1.29, 1.82) is 0 Å². The maximum atomic E-state index is 12.3. The third kappa shape index (κ3) is 3.09. The van der Waals surface area contributed by atoms with Crippen LogP contribution in [0, 0.1) is 6.92 Å². The van der Waals surface area contributed by atoms with Gasteiger partial charge in [-0.2, -0.15) is 0 Å². The largest absolute Gasteiger partial charge is 0.368 e. The first-order valence-corrected chi connectivity index (χ1v) is 6.41. The molecule has 0 saturated carbocycles. The maximum Gasteiger partial charge on any atom is 0.255 e. The van der Waals surface area contributed by atoms with Crippen molar-refractivity contribution in [3.63, 3.8) is 0 Å². The van der Waals surface area contributed by atoms with Gasteiger partial charge in [-0.1, -0.05) is 13.0 Å². The van der Waals surface area contributed by atoms with Gasteiger partial charge in [0.25, 0.3) is 5.91 Å². The molecule has 2 heterocycles. The molecule has 0 radical (unpaired) electrons. The Morgan fingerprint density at radius 3 is 2.85 bits per heavy atom. The minimum atomic E-state index is -0.210. The number of amides is 1. The molecular weight excluding hydrogens is 254 g/mol. The third-order valence-corrected chi connectivity index (χ3v) is 3.04. The molecule has 6 heteroatoms. The Bertz CT molecular complexity index is 600. The van der Waals surface area contributed by atoms with E-state index in [1.54, 1.807) is 19.3 Å². The number of rotatable bonds is 4. The predicted octanol–water partition coefficient (Wildman–Crippen LogP) is 1.64. The number of nitrogens with two attached hydrogens (primary N) is 1. The molecule has 0 bridgehead atoms. The van der Waals surface area contributed by atoms with Crippen molar-refractivity contribution in [3.8, 4) is 0 Å². The Morgan fingerprint density at radius 1 is 1.45 bits per heavy atom. The normalized spacial score (nSPS) is 11.9. The average molecular weight is 271 g/mol. The van der Waals surface area contributed by atoms with Crippen LogP contribution in [-0.2, 0) is 0 Å². The van der Waals surface area contributed by atoms with Crippen molar-refractivity contribution in [3.05, 3.63) is 47.5 Å². The zero-order chi connectivity index (χ0) is 14.5. The fraction of sp³-hybridized carbons (Fsp3) is 0.286. The molecule has 2 aromatic rings. The lowest BCUT2D eigenvalue weighted by molar-refractivity contribution is 0.0934. The van der Waals surface area contributed by atoms with Gasteiger partial charge in [-0.25, -0.2) is 9.97 Å².